The van der Waals surface area contributed by atoms with E-state index in [2.05, 4.69) is 5.16 Å². The van der Waals surface area contributed by atoms with Gasteiger partial charge in [-0.2, -0.15) is 5.26 Å². The number of carbonyl (C=O) groups is 1. The number of nitrogens with zero attached hydrogens (tertiary/aromatic N) is 2. The summed E-state index contributed by atoms with van der Waals surface area (Å²) < 4.78 is 16.9. The summed E-state index contributed by atoms with van der Waals surface area (Å²) in [4.78, 5) is 15.8. The van der Waals surface area contributed by atoms with Gasteiger partial charge in [0.25, 0.3) is 0 Å². The number of ether oxygens (including phenoxy) is 3. The van der Waals surface area contributed by atoms with Gasteiger partial charge in [-0.05, 0) is 59.7 Å². The third kappa shape index (κ3) is 7.51. The Morgan fingerprint density at radius 2 is 1.51 bits per heavy atom. The third-order valence-electron chi connectivity index (χ3n) is 5.15. The second kappa shape index (κ2) is 12.7. The molecule has 0 radical (unpaired) electrons. The highest BCUT2D eigenvalue weighted by molar-refractivity contribution is 6.01. The molecule has 3 rings (SSSR count). The van der Waals surface area contributed by atoms with Crippen LogP contribution in [0.25, 0.3) is 0 Å². The average molecular weight is 475 g/mol. The second-order valence-corrected chi connectivity index (χ2v) is 7.52. The van der Waals surface area contributed by atoms with Crippen molar-refractivity contribution >= 4 is 11.7 Å². The van der Waals surface area contributed by atoms with E-state index in [0.717, 1.165) is 16.9 Å². The van der Waals surface area contributed by atoms with Gasteiger partial charge in [-0.15, -0.1) is 0 Å². The van der Waals surface area contributed by atoms with Crippen molar-refractivity contribution in [3.05, 3.63) is 89.5 Å². The number of aliphatic carboxylic acids is 1. The highest BCUT2D eigenvalue weighted by Gasteiger charge is 2.14. The van der Waals surface area contributed by atoms with Gasteiger partial charge in [-0.1, -0.05) is 29.4 Å². The quantitative estimate of drug-likeness (QED) is 0.297. The SMILES string of the molecule is CO/N=C(/COc1ccc(COc2ccc(C(C#N)CC(=O)O)cc2)cc1)c1ccc(OC)cc1. The van der Waals surface area contributed by atoms with Crippen LogP contribution in [0, 0.1) is 11.3 Å². The molecule has 0 bridgehead atoms. The van der Waals surface area contributed by atoms with E-state index < -0.39 is 11.9 Å². The van der Waals surface area contributed by atoms with Crippen molar-refractivity contribution in [2.45, 2.75) is 18.9 Å². The molecule has 1 atom stereocenters. The van der Waals surface area contributed by atoms with Gasteiger partial charge < -0.3 is 24.2 Å². The molecular formula is C27H26N2O6. The van der Waals surface area contributed by atoms with E-state index >= 15 is 0 Å². The molecule has 0 fully saturated rings. The van der Waals surface area contributed by atoms with Crippen LogP contribution in [-0.2, 0) is 16.2 Å². The molecule has 3 aromatic rings. The molecule has 1 unspecified atom stereocenters. The van der Waals surface area contributed by atoms with Gasteiger partial charge in [0, 0.05) is 5.56 Å². The smallest absolute Gasteiger partial charge is 0.305 e. The molecule has 0 heterocycles. The largest absolute Gasteiger partial charge is 0.497 e. The first-order valence-electron chi connectivity index (χ1n) is 10.8. The van der Waals surface area contributed by atoms with Crippen LogP contribution in [0.2, 0.25) is 0 Å². The summed E-state index contributed by atoms with van der Waals surface area (Å²) in [6.45, 7) is 0.576. The van der Waals surface area contributed by atoms with E-state index in [4.69, 9.17) is 24.2 Å². The molecular weight excluding hydrogens is 448 g/mol. The van der Waals surface area contributed by atoms with Gasteiger partial charge in [-0.25, -0.2) is 0 Å². The summed E-state index contributed by atoms with van der Waals surface area (Å²) in [5.41, 5.74) is 3.11. The second-order valence-electron chi connectivity index (χ2n) is 7.52. The van der Waals surface area contributed by atoms with Crippen LogP contribution < -0.4 is 14.2 Å². The van der Waals surface area contributed by atoms with E-state index in [1.54, 1.807) is 31.4 Å². The van der Waals surface area contributed by atoms with E-state index in [1.807, 2.05) is 54.6 Å². The van der Waals surface area contributed by atoms with Crippen LogP contribution in [0.5, 0.6) is 17.2 Å². The zero-order valence-corrected chi connectivity index (χ0v) is 19.5. The summed E-state index contributed by atoms with van der Waals surface area (Å²) in [6, 6.07) is 23.9. The molecule has 0 aromatic heterocycles. The predicted octanol–water partition coefficient (Wildman–Crippen LogP) is 4.79. The minimum atomic E-state index is -1.01. The van der Waals surface area contributed by atoms with Gasteiger partial charge in [0.2, 0.25) is 0 Å². The fourth-order valence-electron chi connectivity index (χ4n) is 3.27. The van der Waals surface area contributed by atoms with Crippen LogP contribution in [0.15, 0.2) is 78.0 Å². The highest BCUT2D eigenvalue weighted by atomic mass is 16.6. The number of methoxy groups -OCH3 is 1. The maximum Gasteiger partial charge on any atom is 0.305 e. The molecule has 0 saturated carbocycles. The van der Waals surface area contributed by atoms with Gasteiger partial charge in [0.1, 0.15) is 43.3 Å². The van der Waals surface area contributed by atoms with Crippen LogP contribution in [0.1, 0.15) is 29.0 Å². The monoisotopic (exact) mass is 474 g/mol. The molecule has 3 aromatic carbocycles. The van der Waals surface area contributed by atoms with Crippen LogP contribution in [0.4, 0.5) is 0 Å². The van der Waals surface area contributed by atoms with Crippen LogP contribution in [-0.4, -0.2) is 37.6 Å². The maximum atomic E-state index is 10.9. The number of oxime groups is 1. The number of nitriles is 1. The summed E-state index contributed by atoms with van der Waals surface area (Å²) in [5.74, 6) is 0.364. The number of rotatable bonds is 12. The Morgan fingerprint density at radius 3 is 2.09 bits per heavy atom. The van der Waals surface area contributed by atoms with Crippen LogP contribution >= 0.6 is 0 Å². The molecule has 0 spiro atoms. The van der Waals surface area contributed by atoms with Crippen LogP contribution in [0.3, 0.4) is 0 Å². The van der Waals surface area contributed by atoms with Crippen molar-refractivity contribution in [1.82, 2.24) is 0 Å². The van der Waals surface area contributed by atoms with E-state index in [1.165, 1.54) is 7.11 Å². The molecule has 0 aliphatic heterocycles. The maximum absolute atomic E-state index is 10.9. The topological polar surface area (TPSA) is 110 Å². The molecule has 35 heavy (non-hydrogen) atoms. The Labute approximate surface area is 203 Å². The van der Waals surface area contributed by atoms with Crippen molar-refractivity contribution in [1.29, 1.82) is 5.26 Å². The standard InChI is InChI=1S/C27H26N2O6/c1-32-23-11-7-21(8-12-23)26(29-33-2)18-35-24-9-3-19(4-10-24)17-34-25-13-5-20(6-14-25)22(16-28)15-27(30)31/h3-14,22H,15,17-18H2,1-2H3,(H,30,31)/b29-26-. The summed E-state index contributed by atoms with van der Waals surface area (Å²) in [6.07, 6.45) is -0.232. The minimum absolute atomic E-state index is 0.230. The fourth-order valence-corrected chi connectivity index (χ4v) is 3.27. The van der Waals surface area contributed by atoms with E-state index in [-0.39, 0.29) is 13.0 Å². The molecule has 0 amide bonds. The number of carboxylic acids is 1. The number of carboxylic acid groups (broad SMARTS) is 1. The number of hydrogen-bond donors (Lipinski definition) is 1. The third-order valence-corrected chi connectivity index (χ3v) is 5.15. The van der Waals surface area contributed by atoms with Gasteiger partial charge in [0.05, 0.1) is 25.5 Å². The highest BCUT2D eigenvalue weighted by Crippen LogP contribution is 2.23. The Kier molecular flexibility index (Phi) is 9.08. The number of hydrogen-bond acceptors (Lipinski definition) is 7. The molecule has 180 valence electrons. The molecule has 8 nitrogen and oxygen atoms in total. The predicted molar refractivity (Wildman–Crippen MR) is 130 cm³/mol. The fraction of sp³-hybridized carbons (Fsp3) is 0.222. The van der Waals surface area contributed by atoms with Crippen molar-refractivity contribution in [2.75, 3.05) is 20.8 Å². The average Bonchev–Trinajstić information content (AvgIpc) is 2.89. The van der Waals surface area contributed by atoms with Crippen molar-refractivity contribution < 1.29 is 28.9 Å². The lowest BCUT2D eigenvalue weighted by Gasteiger charge is -2.11. The van der Waals surface area contributed by atoms with Gasteiger partial charge in [-0.3, -0.25) is 4.79 Å². The summed E-state index contributed by atoms with van der Waals surface area (Å²) in [5, 5.41) is 22.2. The Hall–Kier alpha value is -4.51. The van der Waals surface area contributed by atoms with Gasteiger partial charge >= 0.3 is 5.97 Å². The van der Waals surface area contributed by atoms with Crippen molar-refractivity contribution in [2.24, 2.45) is 5.16 Å². The normalized spacial score (nSPS) is 11.7. The molecule has 8 heteroatoms. The summed E-state index contributed by atoms with van der Waals surface area (Å²) in [7, 11) is 3.10. The van der Waals surface area contributed by atoms with Crippen molar-refractivity contribution in [3.63, 3.8) is 0 Å². The van der Waals surface area contributed by atoms with E-state index in [0.29, 0.717) is 29.4 Å². The first-order chi connectivity index (χ1) is 17.0. The van der Waals surface area contributed by atoms with Gasteiger partial charge in [0.15, 0.2) is 0 Å². The lowest BCUT2D eigenvalue weighted by molar-refractivity contribution is -0.137. The molecule has 0 aliphatic rings. The summed E-state index contributed by atoms with van der Waals surface area (Å²) >= 11 is 0. The number of benzene rings is 3. The lowest BCUT2D eigenvalue weighted by atomic mass is 9.97. The zero-order chi connectivity index (χ0) is 25.0. The lowest BCUT2D eigenvalue weighted by Crippen LogP contribution is -2.13. The Bertz CT molecular complexity index is 1170. The van der Waals surface area contributed by atoms with E-state index in [9.17, 15) is 10.1 Å². The Morgan fingerprint density at radius 1 is 0.914 bits per heavy atom. The molecule has 1 N–H and O–H groups in total. The molecule has 0 aliphatic carbocycles. The van der Waals surface area contributed by atoms with Crippen molar-refractivity contribution in [3.8, 4) is 23.3 Å². The molecule has 0 saturated heterocycles. The zero-order valence-electron chi connectivity index (χ0n) is 19.5. The first-order valence-corrected chi connectivity index (χ1v) is 10.8. The Balaban J connectivity index is 1.53. The first kappa shape index (κ1) is 25.1. The minimum Gasteiger partial charge on any atom is -0.497 e.